The maximum Gasteiger partial charge on any atom is 0.0417 e. The molecule has 0 heterocycles. The average molecular weight is 288 g/mol. The lowest BCUT2D eigenvalue weighted by atomic mass is 9.99. The van der Waals surface area contributed by atoms with Crippen LogP contribution in [0.3, 0.4) is 0 Å². The lowest BCUT2D eigenvalue weighted by Gasteiger charge is -2.35. The fourth-order valence-electron chi connectivity index (χ4n) is 3.68. The van der Waals surface area contributed by atoms with Gasteiger partial charge in [0.15, 0.2) is 0 Å². The van der Waals surface area contributed by atoms with Gasteiger partial charge in [-0.05, 0) is 43.9 Å². The second kappa shape index (κ2) is 7.84. The number of para-hydroxylation sites is 1. The second-order valence-corrected chi connectivity index (χ2v) is 6.79. The molecule has 2 nitrogen and oxygen atoms in total. The Balaban J connectivity index is 2.34. The molecule has 2 heteroatoms. The van der Waals surface area contributed by atoms with Gasteiger partial charge in [0.25, 0.3) is 0 Å². The van der Waals surface area contributed by atoms with Gasteiger partial charge in [0.05, 0.1) is 0 Å². The maximum atomic E-state index is 3.48. The summed E-state index contributed by atoms with van der Waals surface area (Å²) in [5, 5.41) is 3.48. The van der Waals surface area contributed by atoms with E-state index in [1.165, 1.54) is 43.5 Å². The predicted molar refractivity (Wildman–Crippen MR) is 93.0 cm³/mol. The van der Waals surface area contributed by atoms with Crippen LogP contribution in [0.1, 0.15) is 64.5 Å². The molecule has 21 heavy (non-hydrogen) atoms. The number of nitrogens with one attached hydrogen (secondary N) is 1. The zero-order chi connectivity index (χ0) is 15.2. The first-order valence-electron chi connectivity index (χ1n) is 8.70. The number of anilines is 1. The van der Waals surface area contributed by atoms with Crippen LogP contribution in [0.15, 0.2) is 24.3 Å². The molecule has 0 amide bonds. The van der Waals surface area contributed by atoms with Crippen LogP contribution >= 0.6 is 0 Å². The van der Waals surface area contributed by atoms with E-state index >= 15 is 0 Å². The SMILES string of the molecule is CCC(NC)c1ccccc1N(CC(C)C)C1CCCC1. The van der Waals surface area contributed by atoms with Gasteiger partial charge in [0.1, 0.15) is 0 Å². The first-order valence-corrected chi connectivity index (χ1v) is 8.70. The largest absolute Gasteiger partial charge is 0.368 e. The van der Waals surface area contributed by atoms with Crippen molar-refractivity contribution >= 4 is 5.69 Å². The number of rotatable bonds is 7. The molecule has 1 saturated carbocycles. The minimum atomic E-state index is 0.456. The highest BCUT2D eigenvalue weighted by atomic mass is 15.2. The van der Waals surface area contributed by atoms with E-state index in [2.05, 4.69) is 62.3 Å². The van der Waals surface area contributed by atoms with Gasteiger partial charge in [-0.1, -0.05) is 51.8 Å². The van der Waals surface area contributed by atoms with E-state index in [-0.39, 0.29) is 0 Å². The Morgan fingerprint density at radius 2 is 1.86 bits per heavy atom. The molecule has 1 unspecified atom stereocenters. The van der Waals surface area contributed by atoms with Crippen LogP contribution in [-0.4, -0.2) is 19.6 Å². The molecule has 1 atom stereocenters. The van der Waals surface area contributed by atoms with Crippen molar-refractivity contribution in [3.8, 4) is 0 Å². The monoisotopic (exact) mass is 288 g/mol. The van der Waals surface area contributed by atoms with Gasteiger partial charge in [0.2, 0.25) is 0 Å². The summed E-state index contributed by atoms with van der Waals surface area (Å²) in [7, 11) is 2.08. The summed E-state index contributed by atoms with van der Waals surface area (Å²) in [6, 6.07) is 10.2. The Bertz CT molecular complexity index is 417. The summed E-state index contributed by atoms with van der Waals surface area (Å²) in [6.07, 6.45) is 6.64. The summed E-state index contributed by atoms with van der Waals surface area (Å²) in [5.74, 6) is 0.702. The third-order valence-corrected chi connectivity index (χ3v) is 4.71. The summed E-state index contributed by atoms with van der Waals surface area (Å²) in [5.41, 5.74) is 2.93. The van der Waals surface area contributed by atoms with Crippen molar-refractivity contribution in [2.24, 2.45) is 5.92 Å². The van der Waals surface area contributed by atoms with Crippen molar-refractivity contribution in [3.63, 3.8) is 0 Å². The van der Waals surface area contributed by atoms with E-state index in [0.29, 0.717) is 12.0 Å². The lowest BCUT2D eigenvalue weighted by molar-refractivity contribution is 0.524. The van der Waals surface area contributed by atoms with Crippen LogP contribution in [0.2, 0.25) is 0 Å². The van der Waals surface area contributed by atoms with Crippen LogP contribution in [0.4, 0.5) is 5.69 Å². The highest BCUT2D eigenvalue weighted by molar-refractivity contribution is 5.56. The molecule has 2 rings (SSSR count). The van der Waals surface area contributed by atoms with Crippen molar-refractivity contribution in [1.82, 2.24) is 5.32 Å². The molecule has 118 valence electrons. The quantitative estimate of drug-likeness (QED) is 0.778. The standard InChI is InChI=1S/C19H32N2/c1-5-18(20-4)17-12-8-9-13-19(17)21(14-15(2)3)16-10-6-7-11-16/h8-9,12-13,15-16,18,20H,5-7,10-11,14H2,1-4H3. The van der Waals surface area contributed by atoms with Crippen molar-refractivity contribution in [3.05, 3.63) is 29.8 Å². The Hall–Kier alpha value is -1.02. The van der Waals surface area contributed by atoms with Crippen molar-refractivity contribution in [2.75, 3.05) is 18.5 Å². The average Bonchev–Trinajstić information content (AvgIpc) is 3.00. The first kappa shape index (κ1) is 16.4. The van der Waals surface area contributed by atoms with Gasteiger partial charge in [-0.3, -0.25) is 0 Å². The minimum absolute atomic E-state index is 0.456. The summed E-state index contributed by atoms with van der Waals surface area (Å²) in [6.45, 7) is 8.10. The molecular formula is C19H32N2. The highest BCUT2D eigenvalue weighted by Crippen LogP contribution is 2.34. The summed E-state index contributed by atoms with van der Waals surface area (Å²) >= 11 is 0. The molecule has 1 aliphatic rings. The molecule has 0 aromatic heterocycles. The minimum Gasteiger partial charge on any atom is -0.368 e. The molecule has 1 aromatic rings. The van der Waals surface area contributed by atoms with Gasteiger partial charge >= 0.3 is 0 Å². The van der Waals surface area contributed by atoms with E-state index in [1.54, 1.807) is 0 Å². The normalized spacial score (nSPS) is 17.4. The molecule has 0 saturated heterocycles. The Morgan fingerprint density at radius 1 is 1.19 bits per heavy atom. The van der Waals surface area contributed by atoms with Gasteiger partial charge in [-0.2, -0.15) is 0 Å². The van der Waals surface area contributed by atoms with Crippen molar-refractivity contribution in [2.45, 2.75) is 65.0 Å². The molecule has 1 aromatic carbocycles. The van der Waals surface area contributed by atoms with Crippen LogP contribution in [0.25, 0.3) is 0 Å². The number of benzene rings is 1. The van der Waals surface area contributed by atoms with Gasteiger partial charge in [-0.25, -0.2) is 0 Å². The fourth-order valence-corrected chi connectivity index (χ4v) is 3.68. The van der Waals surface area contributed by atoms with E-state index in [4.69, 9.17) is 0 Å². The van der Waals surface area contributed by atoms with Crippen molar-refractivity contribution in [1.29, 1.82) is 0 Å². The molecule has 0 aliphatic heterocycles. The zero-order valence-corrected chi connectivity index (χ0v) is 14.2. The first-order chi connectivity index (χ1) is 10.2. The molecule has 0 bridgehead atoms. The van der Waals surface area contributed by atoms with Crippen LogP contribution in [0.5, 0.6) is 0 Å². The van der Waals surface area contributed by atoms with Gasteiger partial charge in [0, 0.05) is 24.3 Å². The smallest absolute Gasteiger partial charge is 0.0417 e. The lowest BCUT2D eigenvalue weighted by Crippen LogP contribution is -2.37. The maximum absolute atomic E-state index is 3.48. The Labute approximate surface area is 130 Å². The fraction of sp³-hybridized carbons (Fsp3) is 0.684. The van der Waals surface area contributed by atoms with E-state index in [9.17, 15) is 0 Å². The summed E-state index contributed by atoms with van der Waals surface area (Å²) < 4.78 is 0. The van der Waals surface area contributed by atoms with E-state index < -0.39 is 0 Å². The summed E-state index contributed by atoms with van der Waals surface area (Å²) in [4.78, 5) is 2.70. The highest BCUT2D eigenvalue weighted by Gasteiger charge is 2.26. The third kappa shape index (κ3) is 4.00. The van der Waals surface area contributed by atoms with E-state index in [1.807, 2.05) is 0 Å². The molecule has 0 radical (unpaired) electrons. The molecular weight excluding hydrogens is 256 g/mol. The van der Waals surface area contributed by atoms with E-state index in [0.717, 1.165) is 12.5 Å². The topological polar surface area (TPSA) is 15.3 Å². The van der Waals surface area contributed by atoms with Crippen molar-refractivity contribution < 1.29 is 0 Å². The number of hydrogen-bond donors (Lipinski definition) is 1. The van der Waals surface area contributed by atoms with Crippen LogP contribution in [-0.2, 0) is 0 Å². The Kier molecular flexibility index (Phi) is 6.10. The predicted octanol–water partition coefficient (Wildman–Crippen LogP) is 4.76. The van der Waals surface area contributed by atoms with Crippen LogP contribution < -0.4 is 10.2 Å². The molecule has 1 N–H and O–H groups in total. The second-order valence-electron chi connectivity index (χ2n) is 6.79. The third-order valence-electron chi connectivity index (χ3n) is 4.71. The van der Waals surface area contributed by atoms with Gasteiger partial charge in [-0.15, -0.1) is 0 Å². The molecule has 1 aliphatic carbocycles. The Morgan fingerprint density at radius 3 is 2.43 bits per heavy atom. The molecule has 0 spiro atoms. The van der Waals surface area contributed by atoms with Gasteiger partial charge < -0.3 is 10.2 Å². The number of hydrogen-bond acceptors (Lipinski definition) is 2. The van der Waals surface area contributed by atoms with Crippen LogP contribution in [0, 0.1) is 5.92 Å². The zero-order valence-electron chi connectivity index (χ0n) is 14.2. The molecule has 1 fully saturated rings. The number of nitrogens with zero attached hydrogens (tertiary/aromatic N) is 1.